The van der Waals surface area contributed by atoms with Crippen molar-refractivity contribution in [3.63, 3.8) is 0 Å². The molecule has 0 radical (unpaired) electrons. The van der Waals surface area contributed by atoms with E-state index < -0.39 is 11.9 Å². The molecule has 6 N–H and O–H groups in total. The van der Waals surface area contributed by atoms with Gasteiger partial charge in [0.15, 0.2) is 0 Å². The van der Waals surface area contributed by atoms with Gasteiger partial charge in [-0.2, -0.15) is 0 Å². The summed E-state index contributed by atoms with van der Waals surface area (Å²) in [5.74, 6) is -1.49. The van der Waals surface area contributed by atoms with Gasteiger partial charge in [0.05, 0.1) is 0 Å². The molecule has 88 valence electrons. The van der Waals surface area contributed by atoms with Crippen LogP contribution in [0.5, 0.6) is 0 Å². The summed E-state index contributed by atoms with van der Waals surface area (Å²) in [5.41, 5.74) is 9.81. The predicted molar refractivity (Wildman–Crippen MR) is 61.1 cm³/mol. The third-order valence-corrected chi connectivity index (χ3v) is 0.772. The number of hydrogen-bond donors (Lipinski definition) is 4. The molecule has 7 heteroatoms. The van der Waals surface area contributed by atoms with Crippen LogP contribution in [0.3, 0.4) is 0 Å². The summed E-state index contributed by atoms with van der Waals surface area (Å²) in [6.45, 7) is 4.39. The summed E-state index contributed by atoms with van der Waals surface area (Å²) < 4.78 is 0. The van der Waals surface area contributed by atoms with Crippen LogP contribution < -0.4 is 11.5 Å². The van der Waals surface area contributed by atoms with Crippen LogP contribution in [0.2, 0.25) is 0 Å². The van der Waals surface area contributed by atoms with Crippen molar-refractivity contribution in [2.75, 3.05) is 13.1 Å². The van der Waals surface area contributed by atoms with Crippen LogP contribution in [0.25, 0.3) is 0 Å². The van der Waals surface area contributed by atoms with Crippen LogP contribution in [0.15, 0.2) is 0 Å². The fourth-order valence-electron chi connectivity index (χ4n) is 0. The normalized spacial score (nSPS) is 6.93. The quantitative estimate of drug-likeness (QED) is 0.473. The second kappa shape index (κ2) is 23.6. The molecule has 0 rings (SSSR count). The Morgan fingerprint density at radius 2 is 1.07 bits per heavy atom. The maximum absolute atomic E-state index is 9.37. The van der Waals surface area contributed by atoms with E-state index in [1.165, 1.54) is 0 Å². The van der Waals surface area contributed by atoms with Crippen LogP contribution >= 0.6 is 0 Å². The van der Waals surface area contributed by atoms with Crippen LogP contribution in [-0.4, -0.2) is 64.8 Å². The fraction of sp³-hybridized carbons (Fsp3) is 0.750. The van der Waals surface area contributed by atoms with Crippen LogP contribution in [-0.2, 0) is 9.59 Å². The minimum atomic E-state index is -0.745. The van der Waals surface area contributed by atoms with Crippen molar-refractivity contribution in [1.82, 2.24) is 0 Å². The molecule has 0 aromatic rings. The van der Waals surface area contributed by atoms with Crippen molar-refractivity contribution in [1.29, 1.82) is 0 Å². The monoisotopic (exact) mass is 232 g/mol. The van der Waals surface area contributed by atoms with Crippen molar-refractivity contribution in [3.05, 3.63) is 0 Å². The first-order chi connectivity index (χ1) is 6.45. The third-order valence-electron chi connectivity index (χ3n) is 0.772. The zero-order chi connectivity index (χ0) is 12.0. The molecule has 6 nitrogen and oxygen atoms in total. The predicted octanol–water partition coefficient (Wildman–Crippen LogP) is -0.783. The Morgan fingerprint density at radius 1 is 0.933 bits per heavy atom. The molecule has 0 amide bonds. The van der Waals surface area contributed by atoms with E-state index in [9.17, 15) is 9.59 Å². The average molecular weight is 232 g/mol. The molecule has 0 aromatic heterocycles. The Hall–Kier alpha value is -0.140. The summed E-state index contributed by atoms with van der Waals surface area (Å²) >= 11 is 0. The van der Waals surface area contributed by atoms with Gasteiger partial charge in [-0.25, -0.2) is 0 Å². The van der Waals surface area contributed by atoms with Gasteiger partial charge in [-0.05, 0) is 0 Å². The number of rotatable bonds is 3. The van der Waals surface area contributed by atoms with E-state index in [0.29, 0.717) is 13.1 Å². The van der Waals surface area contributed by atoms with Crippen LogP contribution in [0.1, 0.15) is 26.7 Å². The summed E-state index contributed by atoms with van der Waals surface area (Å²) in [6, 6.07) is 0. The molecule has 0 saturated heterocycles. The van der Waals surface area contributed by atoms with Gasteiger partial charge in [0.1, 0.15) is 0 Å². The Kier molecular flexibility index (Phi) is 38.0. The average Bonchev–Trinajstić information content (AvgIpc) is 2.19. The van der Waals surface area contributed by atoms with Crippen LogP contribution in [0.4, 0.5) is 0 Å². The van der Waals surface area contributed by atoms with E-state index in [0.717, 1.165) is 0 Å². The standard InChI is InChI=1S/2C3H6O2.C2H8N2.Na.H/c2*1-2-3(4)5;3-1-2-4;;/h2*2H2,1H3,(H,4,5);1-4H2;;. The van der Waals surface area contributed by atoms with Crippen molar-refractivity contribution in [2.45, 2.75) is 26.7 Å². The van der Waals surface area contributed by atoms with Gasteiger partial charge >= 0.3 is 41.5 Å². The van der Waals surface area contributed by atoms with E-state index in [-0.39, 0.29) is 42.4 Å². The number of nitrogens with two attached hydrogens (primary N) is 2. The number of carbonyl (C=O) groups is 2. The first-order valence-electron chi connectivity index (χ1n) is 4.29. The number of carboxylic acids is 2. The second-order valence-electron chi connectivity index (χ2n) is 2.07. The van der Waals surface area contributed by atoms with Gasteiger partial charge in [0, 0.05) is 25.9 Å². The van der Waals surface area contributed by atoms with E-state index in [1.807, 2.05) is 0 Å². The Labute approximate surface area is 112 Å². The van der Waals surface area contributed by atoms with Crippen molar-refractivity contribution in [2.24, 2.45) is 11.5 Å². The summed E-state index contributed by atoms with van der Waals surface area (Å²) in [7, 11) is 0. The maximum atomic E-state index is 9.37. The zero-order valence-electron chi connectivity index (χ0n) is 8.69. The minimum absolute atomic E-state index is 0. The first kappa shape index (κ1) is 24.2. The van der Waals surface area contributed by atoms with E-state index in [4.69, 9.17) is 21.7 Å². The summed E-state index contributed by atoms with van der Waals surface area (Å²) in [6.07, 6.45) is 0.444. The molecular formula is C8H21N2NaO4. The van der Waals surface area contributed by atoms with Gasteiger partial charge in [0.25, 0.3) is 0 Å². The fourth-order valence-corrected chi connectivity index (χ4v) is 0. The van der Waals surface area contributed by atoms with Gasteiger partial charge in [-0.3, -0.25) is 9.59 Å². The Bertz CT molecular complexity index is 129. The van der Waals surface area contributed by atoms with E-state index >= 15 is 0 Å². The molecule has 0 saturated carbocycles. The second-order valence-corrected chi connectivity index (χ2v) is 2.07. The topological polar surface area (TPSA) is 127 Å². The van der Waals surface area contributed by atoms with E-state index in [1.54, 1.807) is 13.8 Å². The van der Waals surface area contributed by atoms with Gasteiger partial charge in [0.2, 0.25) is 0 Å². The number of aliphatic carboxylic acids is 2. The van der Waals surface area contributed by atoms with Crippen molar-refractivity contribution in [3.8, 4) is 0 Å². The summed E-state index contributed by atoms with van der Waals surface area (Å²) in [5, 5.41) is 15.4. The molecule has 0 aliphatic carbocycles. The number of hydrogen-bond acceptors (Lipinski definition) is 4. The molecule has 0 unspecified atom stereocenters. The van der Waals surface area contributed by atoms with Crippen molar-refractivity contribution >= 4 is 41.5 Å². The SMILES string of the molecule is CCC(=O)O.CCC(=O)O.NCCN.[NaH]. The molecule has 0 fully saturated rings. The molecule has 0 heterocycles. The first-order valence-corrected chi connectivity index (χ1v) is 4.29. The summed E-state index contributed by atoms with van der Waals surface area (Å²) in [4.78, 5) is 18.7. The molecular weight excluding hydrogens is 211 g/mol. The molecule has 15 heavy (non-hydrogen) atoms. The Balaban J connectivity index is -0.0000000590. The molecule has 0 aromatic carbocycles. The zero-order valence-corrected chi connectivity index (χ0v) is 8.69. The molecule has 0 spiro atoms. The van der Waals surface area contributed by atoms with Crippen molar-refractivity contribution < 1.29 is 19.8 Å². The molecule has 0 aliphatic rings. The molecule has 0 aliphatic heterocycles. The van der Waals surface area contributed by atoms with Gasteiger partial charge in [-0.15, -0.1) is 0 Å². The van der Waals surface area contributed by atoms with Crippen LogP contribution in [0, 0.1) is 0 Å². The molecule has 0 bridgehead atoms. The van der Waals surface area contributed by atoms with Gasteiger partial charge in [-0.1, -0.05) is 13.8 Å². The number of carboxylic acid groups (broad SMARTS) is 2. The Morgan fingerprint density at radius 3 is 1.07 bits per heavy atom. The van der Waals surface area contributed by atoms with E-state index in [2.05, 4.69) is 0 Å². The molecule has 0 atom stereocenters. The van der Waals surface area contributed by atoms with Gasteiger partial charge < -0.3 is 21.7 Å². The third kappa shape index (κ3) is 82.5.